The predicted octanol–water partition coefficient (Wildman–Crippen LogP) is 6.37. The molecule has 1 N–H and O–H groups in total. The summed E-state index contributed by atoms with van der Waals surface area (Å²) in [6.45, 7) is 19.1. The van der Waals surface area contributed by atoms with Gasteiger partial charge in [-0.15, -0.1) is 0 Å². The molecule has 0 heterocycles. The molecule has 3 heteroatoms. The predicted molar refractivity (Wildman–Crippen MR) is 145 cm³/mol. The number of para-hydroxylation sites is 1. The molecular formula is C28H38NPSi. The normalized spacial score (nSPS) is 12.8. The minimum Gasteiger partial charge on any atom is -0.380 e. The molecule has 0 radical (unpaired) electrons. The molecule has 0 spiro atoms. The highest BCUT2D eigenvalue weighted by atomic mass is 31.1. The lowest BCUT2D eigenvalue weighted by molar-refractivity contribution is 0.635. The van der Waals surface area contributed by atoms with Crippen LogP contribution in [0.5, 0.6) is 0 Å². The molecule has 0 fully saturated rings. The zero-order valence-electron chi connectivity index (χ0n) is 20.5. The molecule has 0 bridgehead atoms. The number of rotatable bonds is 5. The second kappa shape index (κ2) is 8.92. The van der Waals surface area contributed by atoms with E-state index in [1.54, 1.807) is 0 Å². The first-order valence-corrected chi connectivity index (χ1v) is 15.6. The lowest BCUT2D eigenvalue weighted by Crippen LogP contribution is -2.52. The third kappa shape index (κ3) is 5.30. The maximum absolute atomic E-state index is 3.97. The lowest BCUT2D eigenvalue weighted by Gasteiger charge is -2.41. The van der Waals surface area contributed by atoms with Gasteiger partial charge in [-0.05, 0) is 49.5 Å². The largest absolute Gasteiger partial charge is 0.380 e. The van der Waals surface area contributed by atoms with Crippen LogP contribution in [0.2, 0.25) is 18.1 Å². The first kappa shape index (κ1) is 23.8. The molecule has 0 aliphatic rings. The van der Waals surface area contributed by atoms with Crippen LogP contribution in [0.3, 0.4) is 0 Å². The standard InChI is InChI=1S/C28H38NPSi/c1-27(2,3)29-26-24(20-15-21-25(26)31(7,8)28(4,5)6)30(22-16-11-9-12-17-22)23-18-13-10-14-19-23/h9-21,29H,1-8H3. The maximum Gasteiger partial charge on any atom is 0.0886 e. The molecule has 0 saturated heterocycles. The number of benzene rings is 3. The second-order valence-corrected chi connectivity index (χ2v) is 18.4. The molecule has 0 saturated carbocycles. The van der Waals surface area contributed by atoms with Crippen molar-refractivity contribution in [1.29, 1.82) is 0 Å². The summed E-state index contributed by atoms with van der Waals surface area (Å²) in [5.41, 5.74) is 1.35. The SMILES string of the molecule is CC(C)(C)Nc1c(P(c2ccccc2)c2ccccc2)cccc1[Si](C)(C)C(C)(C)C. The van der Waals surface area contributed by atoms with Crippen molar-refractivity contribution in [2.24, 2.45) is 0 Å². The fourth-order valence-electron chi connectivity index (χ4n) is 3.74. The van der Waals surface area contributed by atoms with Gasteiger partial charge >= 0.3 is 0 Å². The van der Waals surface area contributed by atoms with Gasteiger partial charge in [-0.25, -0.2) is 0 Å². The molecule has 1 nitrogen and oxygen atoms in total. The van der Waals surface area contributed by atoms with Gasteiger partial charge in [-0.1, -0.05) is 113 Å². The van der Waals surface area contributed by atoms with Gasteiger partial charge in [0, 0.05) is 16.5 Å². The van der Waals surface area contributed by atoms with Crippen LogP contribution in [-0.4, -0.2) is 13.6 Å². The average Bonchev–Trinajstić information content (AvgIpc) is 2.69. The van der Waals surface area contributed by atoms with Gasteiger partial charge < -0.3 is 5.32 Å². The molecule has 3 aromatic carbocycles. The van der Waals surface area contributed by atoms with Crippen molar-refractivity contribution in [3.8, 4) is 0 Å². The van der Waals surface area contributed by atoms with Crippen molar-refractivity contribution in [3.05, 3.63) is 78.9 Å². The van der Waals surface area contributed by atoms with Gasteiger partial charge in [0.2, 0.25) is 0 Å². The van der Waals surface area contributed by atoms with E-state index in [2.05, 4.69) is 139 Å². The summed E-state index contributed by atoms with van der Waals surface area (Å²) in [7, 11) is -2.42. The molecule has 3 aromatic rings. The Bertz CT molecular complexity index is 959. The van der Waals surface area contributed by atoms with Crippen LogP contribution >= 0.6 is 7.92 Å². The van der Waals surface area contributed by atoms with Crippen LogP contribution < -0.4 is 26.4 Å². The molecule has 0 atom stereocenters. The Kier molecular flexibility index (Phi) is 6.84. The average molecular weight is 448 g/mol. The summed E-state index contributed by atoms with van der Waals surface area (Å²) in [5.74, 6) is 0. The molecule has 164 valence electrons. The summed E-state index contributed by atoms with van der Waals surface area (Å²) in [5, 5.41) is 10.00. The third-order valence-electron chi connectivity index (χ3n) is 6.36. The Morgan fingerprint density at radius 1 is 0.645 bits per heavy atom. The lowest BCUT2D eigenvalue weighted by atomic mass is 10.1. The van der Waals surface area contributed by atoms with Crippen molar-refractivity contribution < 1.29 is 0 Å². The van der Waals surface area contributed by atoms with Crippen molar-refractivity contribution >= 4 is 42.8 Å². The van der Waals surface area contributed by atoms with Gasteiger partial charge in [0.15, 0.2) is 0 Å². The first-order valence-electron chi connectivity index (χ1n) is 11.2. The highest BCUT2D eigenvalue weighted by Gasteiger charge is 2.40. The molecule has 31 heavy (non-hydrogen) atoms. The van der Waals surface area contributed by atoms with Gasteiger partial charge in [0.05, 0.1) is 8.07 Å². The molecule has 0 aromatic heterocycles. The van der Waals surface area contributed by atoms with Crippen LogP contribution in [0.1, 0.15) is 41.5 Å². The van der Waals surface area contributed by atoms with E-state index in [0.29, 0.717) is 0 Å². The fourth-order valence-corrected chi connectivity index (χ4v) is 8.42. The first-order chi connectivity index (χ1) is 14.4. The molecule has 0 aliphatic heterocycles. The zero-order valence-corrected chi connectivity index (χ0v) is 22.3. The van der Waals surface area contributed by atoms with Crippen LogP contribution in [0, 0.1) is 0 Å². The van der Waals surface area contributed by atoms with Crippen molar-refractivity contribution in [2.45, 2.75) is 65.2 Å². The Morgan fingerprint density at radius 3 is 1.55 bits per heavy atom. The van der Waals surface area contributed by atoms with Crippen molar-refractivity contribution in [1.82, 2.24) is 0 Å². The minimum absolute atomic E-state index is 0.0123. The van der Waals surface area contributed by atoms with E-state index in [9.17, 15) is 0 Å². The zero-order chi connectivity index (χ0) is 22.9. The Labute approximate surface area is 192 Å². The molecule has 3 rings (SSSR count). The summed E-state index contributed by atoms with van der Waals surface area (Å²) in [6, 6.07) is 29.1. The number of nitrogens with one attached hydrogen (secondary N) is 1. The van der Waals surface area contributed by atoms with E-state index >= 15 is 0 Å². The van der Waals surface area contributed by atoms with Gasteiger partial charge in [-0.3, -0.25) is 0 Å². The van der Waals surface area contributed by atoms with E-state index < -0.39 is 16.0 Å². The summed E-state index contributed by atoms with van der Waals surface area (Å²) >= 11 is 0. The van der Waals surface area contributed by atoms with E-state index in [4.69, 9.17) is 0 Å². The molecule has 0 unspecified atom stereocenters. The van der Waals surface area contributed by atoms with Crippen LogP contribution in [0.4, 0.5) is 5.69 Å². The van der Waals surface area contributed by atoms with Crippen molar-refractivity contribution in [2.75, 3.05) is 5.32 Å². The molecule has 0 aliphatic carbocycles. The second-order valence-electron chi connectivity index (χ2n) is 11.0. The van der Waals surface area contributed by atoms with E-state index in [1.807, 2.05) is 0 Å². The van der Waals surface area contributed by atoms with Crippen molar-refractivity contribution in [3.63, 3.8) is 0 Å². The highest BCUT2D eigenvalue weighted by molar-refractivity contribution is 7.80. The summed E-state index contributed by atoms with van der Waals surface area (Å²) in [4.78, 5) is 0. The van der Waals surface area contributed by atoms with Crippen LogP contribution in [0.15, 0.2) is 78.9 Å². The van der Waals surface area contributed by atoms with E-state index in [0.717, 1.165) is 0 Å². The number of hydrogen-bond acceptors (Lipinski definition) is 1. The number of anilines is 1. The van der Waals surface area contributed by atoms with E-state index in [1.165, 1.54) is 26.8 Å². The highest BCUT2D eigenvalue weighted by Crippen LogP contribution is 2.40. The van der Waals surface area contributed by atoms with Gasteiger partial charge in [0.1, 0.15) is 0 Å². The maximum atomic E-state index is 3.97. The molecule has 0 amide bonds. The minimum atomic E-state index is -1.76. The molecular weight excluding hydrogens is 409 g/mol. The monoisotopic (exact) mass is 447 g/mol. The smallest absolute Gasteiger partial charge is 0.0886 e. The quantitative estimate of drug-likeness (QED) is 0.354. The Morgan fingerprint density at radius 2 is 1.13 bits per heavy atom. The Hall–Kier alpha value is -1.89. The van der Waals surface area contributed by atoms with Gasteiger partial charge in [-0.2, -0.15) is 0 Å². The van der Waals surface area contributed by atoms with Crippen LogP contribution in [0.25, 0.3) is 0 Å². The Balaban J connectivity index is 2.33. The van der Waals surface area contributed by atoms with Crippen LogP contribution in [-0.2, 0) is 0 Å². The van der Waals surface area contributed by atoms with E-state index in [-0.39, 0.29) is 10.6 Å². The van der Waals surface area contributed by atoms with Gasteiger partial charge in [0.25, 0.3) is 0 Å². The topological polar surface area (TPSA) is 12.0 Å². The summed E-state index contributed by atoms with van der Waals surface area (Å²) in [6.07, 6.45) is 0. The third-order valence-corrected chi connectivity index (χ3v) is 14.4. The summed E-state index contributed by atoms with van der Waals surface area (Å²) < 4.78 is 0. The fraction of sp³-hybridized carbons (Fsp3) is 0.357. The number of hydrogen-bond donors (Lipinski definition) is 1.